The van der Waals surface area contributed by atoms with E-state index in [1.54, 1.807) is 0 Å². The van der Waals surface area contributed by atoms with Crippen LogP contribution in [-0.2, 0) is 9.22 Å². The number of carbonyl (C=O) groups is 1. The summed E-state index contributed by atoms with van der Waals surface area (Å²) < 4.78 is 6.75. The van der Waals surface area contributed by atoms with Crippen molar-refractivity contribution in [1.29, 1.82) is 0 Å². The Balaban J connectivity index is 3.09. The van der Waals surface area contributed by atoms with E-state index in [1.165, 1.54) is 0 Å². The van der Waals surface area contributed by atoms with E-state index in [2.05, 4.69) is 41.5 Å². The highest BCUT2D eigenvalue weighted by Gasteiger charge is 2.51. The Kier molecular flexibility index (Phi) is 5.41. The van der Waals surface area contributed by atoms with Gasteiger partial charge in [-0.3, -0.25) is 4.79 Å². The Morgan fingerprint density at radius 1 is 1.00 bits per heavy atom. The molecule has 1 saturated carbocycles. The normalized spacial score (nSPS) is 25.7. The highest BCUT2D eigenvalue weighted by atomic mass is 28.4. The molecular weight excluding hydrogens is 252 g/mol. The third kappa shape index (κ3) is 3.13. The van der Waals surface area contributed by atoms with Crippen LogP contribution in [0.4, 0.5) is 0 Å². The second kappa shape index (κ2) is 6.09. The van der Waals surface area contributed by atoms with Crippen molar-refractivity contribution < 1.29 is 9.22 Å². The first kappa shape index (κ1) is 16.9. The predicted molar refractivity (Wildman–Crippen MR) is 84.0 cm³/mol. The first-order valence-corrected chi connectivity index (χ1v) is 10.0. The summed E-state index contributed by atoms with van der Waals surface area (Å²) in [5, 5.41) is 0. The molecule has 0 heterocycles. The number of hydrogen-bond acceptors (Lipinski definition) is 2. The molecule has 1 rings (SSSR count). The fourth-order valence-electron chi connectivity index (χ4n) is 4.00. The third-order valence-electron chi connectivity index (χ3n) is 5.01. The van der Waals surface area contributed by atoms with Gasteiger partial charge in [0.1, 0.15) is 5.60 Å². The lowest BCUT2D eigenvalue weighted by molar-refractivity contribution is -0.137. The molecule has 1 fully saturated rings. The highest BCUT2D eigenvalue weighted by Crippen LogP contribution is 2.46. The van der Waals surface area contributed by atoms with E-state index in [0.717, 1.165) is 19.3 Å². The van der Waals surface area contributed by atoms with Crippen LogP contribution in [0.5, 0.6) is 0 Å². The van der Waals surface area contributed by atoms with Crippen molar-refractivity contribution in [2.45, 2.75) is 96.4 Å². The van der Waals surface area contributed by atoms with E-state index >= 15 is 0 Å². The van der Waals surface area contributed by atoms with E-state index in [1.807, 2.05) is 6.92 Å². The standard InChI is InChI=1S/C16H32O2Si/c1-12(2)19(13(3)4,14(5)6)18-16(7)11-9-8-10-15(16)17/h12-14H,8-11H2,1-7H3. The molecule has 19 heavy (non-hydrogen) atoms. The van der Waals surface area contributed by atoms with Gasteiger partial charge in [-0.15, -0.1) is 0 Å². The number of Topliss-reactive ketones (excluding diaryl/α,β-unsaturated/α-hetero) is 1. The van der Waals surface area contributed by atoms with E-state index in [9.17, 15) is 4.79 Å². The predicted octanol–water partition coefficient (Wildman–Crippen LogP) is 5.08. The summed E-state index contributed by atoms with van der Waals surface area (Å²) >= 11 is 0. The van der Waals surface area contributed by atoms with Gasteiger partial charge >= 0.3 is 0 Å². The molecule has 0 saturated heterocycles. The van der Waals surface area contributed by atoms with E-state index in [-0.39, 0.29) is 0 Å². The fourth-order valence-corrected chi connectivity index (χ4v) is 9.71. The first-order valence-electron chi connectivity index (χ1n) is 7.90. The van der Waals surface area contributed by atoms with Crippen molar-refractivity contribution in [1.82, 2.24) is 0 Å². The maximum atomic E-state index is 12.4. The highest BCUT2D eigenvalue weighted by molar-refractivity contribution is 6.77. The van der Waals surface area contributed by atoms with Crippen LogP contribution in [0.3, 0.4) is 0 Å². The van der Waals surface area contributed by atoms with E-state index < -0.39 is 13.9 Å². The van der Waals surface area contributed by atoms with Gasteiger partial charge in [0.2, 0.25) is 8.32 Å². The maximum absolute atomic E-state index is 12.4. The molecule has 0 aromatic carbocycles. The Hall–Kier alpha value is -0.153. The van der Waals surface area contributed by atoms with Gasteiger partial charge < -0.3 is 4.43 Å². The molecule has 0 amide bonds. The van der Waals surface area contributed by atoms with Crippen LogP contribution in [0.2, 0.25) is 16.6 Å². The van der Waals surface area contributed by atoms with Gasteiger partial charge in [0.15, 0.2) is 5.78 Å². The van der Waals surface area contributed by atoms with Crippen molar-refractivity contribution in [3.63, 3.8) is 0 Å². The smallest absolute Gasteiger partial charge is 0.201 e. The largest absolute Gasteiger partial charge is 0.404 e. The molecule has 0 aromatic rings. The molecular formula is C16H32O2Si. The van der Waals surface area contributed by atoms with Crippen LogP contribution >= 0.6 is 0 Å². The molecule has 0 N–H and O–H groups in total. The van der Waals surface area contributed by atoms with Gasteiger partial charge in [-0.25, -0.2) is 0 Å². The third-order valence-corrected chi connectivity index (χ3v) is 11.2. The lowest BCUT2D eigenvalue weighted by atomic mass is 9.85. The zero-order valence-corrected chi connectivity index (χ0v) is 14.9. The van der Waals surface area contributed by atoms with Gasteiger partial charge in [0, 0.05) is 6.42 Å². The van der Waals surface area contributed by atoms with Crippen molar-refractivity contribution in [3.05, 3.63) is 0 Å². The molecule has 3 heteroatoms. The first-order chi connectivity index (χ1) is 8.67. The zero-order chi connectivity index (χ0) is 14.8. The topological polar surface area (TPSA) is 26.3 Å². The molecule has 1 unspecified atom stereocenters. The molecule has 1 aliphatic rings. The fraction of sp³-hybridized carbons (Fsp3) is 0.938. The number of rotatable bonds is 5. The Labute approximate surface area is 120 Å². The van der Waals surface area contributed by atoms with Crippen molar-refractivity contribution in [2.24, 2.45) is 0 Å². The minimum atomic E-state index is -1.95. The van der Waals surface area contributed by atoms with Crippen LogP contribution in [0.25, 0.3) is 0 Å². The monoisotopic (exact) mass is 284 g/mol. The van der Waals surface area contributed by atoms with Crippen molar-refractivity contribution in [2.75, 3.05) is 0 Å². The summed E-state index contributed by atoms with van der Waals surface area (Å²) in [6, 6.07) is 0. The lowest BCUT2D eigenvalue weighted by Gasteiger charge is -2.48. The SMILES string of the molecule is CC(C)[Si](OC1(C)CCCCC1=O)(C(C)C)C(C)C. The summed E-state index contributed by atoms with van der Waals surface area (Å²) in [7, 11) is -1.95. The summed E-state index contributed by atoms with van der Waals surface area (Å²) in [5.41, 5.74) is 1.11. The van der Waals surface area contributed by atoms with Crippen LogP contribution in [0.15, 0.2) is 0 Å². The minimum Gasteiger partial charge on any atom is -0.404 e. The molecule has 0 aliphatic heterocycles. The molecule has 112 valence electrons. The quantitative estimate of drug-likeness (QED) is 0.658. The minimum absolute atomic E-state index is 0.331. The summed E-state index contributed by atoms with van der Waals surface area (Å²) in [4.78, 5) is 12.4. The van der Waals surface area contributed by atoms with Crippen LogP contribution in [0.1, 0.15) is 74.1 Å². The van der Waals surface area contributed by atoms with Crippen molar-refractivity contribution >= 4 is 14.1 Å². The summed E-state index contributed by atoms with van der Waals surface area (Å²) in [6.07, 6.45) is 3.78. The summed E-state index contributed by atoms with van der Waals surface area (Å²) in [6.45, 7) is 15.7. The molecule has 0 spiro atoms. The van der Waals surface area contributed by atoms with Crippen LogP contribution in [0, 0.1) is 0 Å². The van der Waals surface area contributed by atoms with E-state index in [0.29, 0.717) is 28.8 Å². The van der Waals surface area contributed by atoms with Gasteiger partial charge in [-0.05, 0) is 42.8 Å². The summed E-state index contributed by atoms with van der Waals surface area (Å²) in [5.74, 6) is 0.331. The molecule has 0 aromatic heterocycles. The zero-order valence-electron chi connectivity index (χ0n) is 13.9. The van der Waals surface area contributed by atoms with Crippen LogP contribution < -0.4 is 0 Å². The molecule has 0 radical (unpaired) electrons. The average molecular weight is 285 g/mol. The Morgan fingerprint density at radius 2 is 1.47 bits per heavy atom. The maximum Gasteiger partial charge on any atom is 0.201 e. The van der Waals surface area contributed by atoms with Crippen molar-refractivity contribution in [3.8, 4) is 0 Å². The van der Waals surface area contributed by atoms with Gasteiger partial charge in [-0.2, -0.15) is 0 Å². The average Bonchev–Trinajstić information content (AvgIpc) is 2.29. The van der Waals surface area contributed by atoms with Gasteiger partial charge in [-0.1, -0.05) is 41.5 Å². The number of hydrogen-bond donors (Lipinski definition) is 0. The van der Waals surface area contributed by atoms with Gasteiger partial charge in [0.05, 0.1) is 0 Å². The number of ketones is 1. The molecule has 1 aliphatic carbocycles. The van der Waals surface area contributed by atoms with Crippen LogP contribution in [-0.4, -0.2) is 19.7 Å². The lowest BCUT2D eigenvalue weighted by Crippen LogP contribution is -2.56. The number of carbonyl (C=O) groups excluding carboxylic acids is 1. The Bertz CT molecular complexity index is 301. The molecule has 0 bridgehead atoms. The molecule has 2 nitrogen and oxygen atoms in total. The van der Waals surface area contributed by atoms with Gasteiger partial charge in [0.25, 0.3) is 0 Å². The Morgan fingerprint density at radius 3 is 1.84 bits per heavy atom. The molecule has 1 atom stereocenters. The van der Waals surface area contributed by atoms with E-state index in [4.69, 9.17) is 4.43 Å². The second-order valence-corrected chi connectivity index (χ2v) is 12.7. The second-order valence-electron chi connectivity index (χ2n) is 7.28.